The van der Waals surface area contributed by atoms with Crippen LogP contribution in [0.2, 0.25) is 0 Å². The number of nitrogens with zero attached hydrogens (tertiary/aromatic N) is 1. The summed E-state index contributed by atoms with van der Waals surface area (Å²) in [6.07, 6.45) is 12.8. The van der Waals surface area contributed by atoms with Crippen LogP contribution in [0.1, 0.15) is 49.9 Å². The molecule has 1 aliphatic rings. The van der Waals surface area contributed by atoms with Gasteiger partial charge in [0.25, 0.3) is 0 Å². The van der Waals surface area contributed by atoms with Gasteiger partial charge in [-0.15, -0.1) is 6.58 Å². The minimum absolute atomic E-state index is 0.984. The largest absolute Gasteiger partial charge is 0.345 e. The second-order valence-corrected chi connectivity index (χ2v) is 4.84. The third-order valence-electron chi connectivity index (χ3n) is 3.59. The van der Waals surface area contributed by atoms with Gasteiger partial charge in [-0.3, -0.25) is 0 Å². The van der Waals surface area contributed by atoms with Crippen LogP contribution in [0.25, 0.3) is 0 Å². The Kier molecular flexibility index (Phi) is 4.26. The molecule has 0 spiro atoms. The Bertz CT molecular complexity index is 308. The van der Waals surface area contributed by atoms with E-state index in [9.17, 15) is 0 Å². The summed E-state index contributed by atoms with van der Waals surface area (Å²) in [5.74, 6) is 0. The highest BCUT2D eigenvalue weighted by Crippen LogP contribution is 2.18. The van der Waals surface area contributed by atoms with Crippen molar-refractivity contribution in [2.45, 2.75) is 57.9 Å². The molecule has 0 amide bonds. The first-order valence-electron chi connectivity index (χ1n) is 6.70. The second-order valence-electron chi connectivity index (χ2n) is 4.84. The lowest BCUT2D eigenvalue weighted by atomic mass is 10.1. The molecular formula is C15H23N. The summed E-state index contributed by atoms with van der Waals surface area (Å²) in [7, 11) is 0. The Balaban J connectivity index is 2.16. The van der Waals surface area contributed by atoms with Gasteiger partial charge in [-0.05, 0) is 37.8 Å². The van der Waals surface area contributed by atoms with Crippen molar-refractivity contribution >= 4 is 0 Å². The van der Waals surface area contributed by atoms with Crippen LogP contribution < -0.4 is 0 Å². The first-order valence-corrected chi connectivity index (χ1v) is 6.70. The highest BCUT2D eigenvalue weighted by molar-refractivity contribution is 5.18. The minimum Gasteiger partial charge on any atom is -0.345 e. The maximum absolute atomic E-state index is 3.87. The molecule has 0 aliphatic carbocycles. The van der Waals surface area contributed by atoms with E-state index in [0.29, 0.717) is 0 Å². The van der Waals surface area contributed by atoms with Crippen molar-refractivity contribution in [1.29, 1.82) is 0 Å². The van der Waals surface area contributed by atoms with Crippen LogP contribution in [0.3, 0.4) is 0 Å². The van der Waals surface area contributed by atoms with Crippen molar-refractivity contribution in [1.82, 2.24) is 4.57 Å². The van der Waals surface area contributed by atoms with Crippen LogP contribution in [0.15, 0.2) is 24.8 Å². The average Bonchev–Trinajstić information content (AvgIpc) is 2.62. The minimum atomic E-state index is 0.984. The van der Waals surface area contributed by atoms with Gasteiger partial charge < -0.3 is 4.57 Å². The number of aryl methyl sites for hydroxylation is 2. The smallest absolute Gasteiger partial charge is 0.0403 e. The molecule has 0 unspecified atom stereocenters. The zero-order chi connectivity index (χ0) is 11.2. The Morgan fingerprint density at radius 2 is 1.44 bits per heavy atom. The number of rotatable bonds is 2. The summed E-state index contributed by atoms with van der Waals surface area (Å²) >= 11 is 0. The van der Waals surface area contributed by atoms with Gasteiger partial charge in [0.05, 0.1) is 0 Å². The molecule has 2 heterocycles. The molecule has 1 heteroatoms. The predicted molar refractivity (Wildman–Crippen MR) is 69.7 cm³/mol. The van der Waals surface area contributed by atoms with E-state index in [1.807, 2.05) is 6.08 Å². The van der Waals surface area contributed by atoms with E-state index in [0.717, 1.165) is 6.54 Å². The van der Waals surface area contributed by atoms with Gasteiger partial charge in [-0.2, -0.15) is 0 Å². The SMILES string of the molecule is C=CCn1c2ccc1CCCCCCCC2. The topological polar surface area (TPSA) is 4.93 Å². The number of hydrogen-bond acceptors (Lipinski definition) is 0. The molecule has 16 heavy (non-hydrogen) atoms. The molecule has 1 aliphatic heterocycles. The third-order valence-corrected chi connectivity index (χ3v) is 3.59. The van der Waals surface area contributed by atoms with Crippen LogP contribution in [0.4, 0.5) is 0 Å². The van der Waals surface area contributed by atoms with Crippen molar-refractivity contribution in [2.24, 2.45) is 0 Å². The fourth-order valence-electron chi connectivity index (χ4n) is 2.68. The van der Waals surface area contributed by atoms with E-state index >= 15 is 0 Å². The van der Waals surface area contributed by atoms with Crippen LogP contribution in [-0.2, 0) is 19.4 Å². The van der Waals surface area contributed by atoms with Gasteiger partial charge >= 0.3 is 0 Å². The standard InChI is InChI=1S/C15H23N/c1-2-13-16-14-9-7-5-3-4-6-8-10-15(16)12-11-14/h2,11-12H,1,3-10,13H2. The molecule has 2 bridgehead atoms. The van der Waals surface area contributed by atoms with Gasteiger partial charge in [0.15, 0.2) is 0 Å². The number of allylic oxidation sites excluding steroid dienone is 1. The highest BCUT2D eigenvalue weighted by atomic mass is 15.0. The zero-order valence-electron chi connectivity index (χ0n) is 10.3. The van der Waals surface area contributed by atoms with Crippen molar-refractivity contribution in [2.75, 3.05) is 0 Å². The van der Waals surface area contributed by atoms with E-state index in [1.54, 1.807) is 0 Å². The van der Waals surface area contributed by atoms with E-state index in [1.165, 1.54) is 62.8 Å². The summed E-state index contributed by atoms with van der Waals surface area (Å²) < 4.78 is 2.47. The van der Waals surface area contributed by atoms with Crippen molar-refractivity contribution in [3.63, 3.8) is 0 Å². The molecule has 0 radical (unpaired) electrons. The Labute approximate surface area is 99.2 Å². The van der Waals surface area contributed by atoms with Gasteiger partial charge in [-0.25, -0.2) is 0 Å². The molecule has 0 N–H and O–H groups in total. The summed E-state index contributed by atoms with van der Waals surface area (Å²) in [5.41, 5.74) is 3.02. The molecule has 2 rings (SSSR count). The van der Waals surface area contributed by atoms with Gasteiger partial charge in [0.1, 0.15) is 0 Å². The summed E-state index contributed by atoms with van der Waals surface area (Å²) in [6.45, 7) is 4.85. The molecule has 88 valence electrons. The number of aromatic nitrogens is 1. The molecule has 1 aromatic rings. The highest BCUT2D eigenvalue weighted by Gasteiger charge is 2.08. The van der Waals surface area contributed by atoms with Crippen molar-refractivity contribution in [3.8, 4) is 0 Å². The zero-order valence-corrected chi connectivity index (χ0v) is 10.3. The van der Waals surface area contributed by atoms with Crippen LogP contribution in [0.5, 0.6) is 0 Å². The fraction of sp³-hybridized carbons (Fsp3) is 0.600. The van der Waals surface area contributed by atoms with Gasteiger partial charge in [0, 0.05) is 17.9 Å². The van der Waals surface area contributed by atoms with E-state index in [4.69, 9.17) is 0 Å². The molecule has 0 atom stereocenters. The summed E-state index contributed by atoms with van der Waals surface area (Å²) in [4.78, 5) is 0. The average molecular weight is 217 g/mol. The normalized spacial score (nSPS) is 17.8. The van der Waals surface area contributed by atoms with Crippen molar-refractivity contribution < 1.29 is 0 Å². The predicted octanol–water partition coefficient (Wildman–Crippen LogP) is 4.11. The van der Waals surface area contributed by atoms with E-state index in [-0.39, 0.29) is 0 Å². The number of hydrogen-bond donors (Lipinski definition) is 0. The summed E-state index contributed by atoms with van der Waals surface area (Å²) in [5, 5.41) is 0. The maximum atomic E-state index is 3.87. The lowest BCUT2D eigenvalue weighted by Gasteiger charge is -2.10. The fourth-order valence-corrected chi connectivity index (χ4v) is 2.68. The summed E-state index contributed by atoms with van der Waals surface area (Å²) in [6, 6.07) is 4.64. The van der Waals surface area contributed by atoms with Crippen LogP contribution in [0, 0.1) is 0 Å². The van der Waals surface area contributed by atoms with E-state index in [2.05, 4.69) is 23.3 Å². The molecule has 0 fully saturated rings. The van der Waals surface area contributed by atoms with Crippen LogP contribution in [-0.4, -0.2) is 4.57 Å². The Morgan fingerprint density at radius 3 is 1.94 bits per heavy atom. The van der Waals surface area contributed by atoms with Crippen LogP contribution >= 0.6 is 0 Å². The lowest BCUT2D eigenvalue weighted by molar-refractivity contribution is 0.597. The Hall–Kier alpha value is -0.980. The first kappa shape index (κ1) is 11.5. The third kappa shape index (κ3) is 2.78. The number of fused-ring (bicyclic) bond motifs is 2. The lowest BCUT2D eigenvalue weighted by Crippen LogP contribution is -2.05. The van der Waals surface area contributed by atoms with E-state index < -0.39 is 0 Å². The molecule has 1 nitrogen and oxygen atoms in total. The Morgan fingerprint density at radius 1 is 0.938 bits per heavy atom. The molecule has 0 aromatic carbocycles. The monoisotopic (exact) mass is 217 g/mol. The maximum Gasteiger partial charge on any atom is 0.0403 e. The quantitative estimate of drug-likeness (QED) is 0.657. The van der Waals surface area contributed by atoms with Crippen molar-refractivity contribution in [3.05, 3.63) is 36.2 Å². The molecule has 1 aromatic heterocycles. The van der Waals surface area contributed by atoms with Gasteiger partial charge in [-0.1, -0.05) is 31.8 Å². The van der Waals surface area contributed by atoms with Gasteiger partial charge in [0.2, 0.25) is 0 Å². The first-order chi connectivity index (χ1) is 7.92. The molecule has 0 saturated heterocycles. The molecular weight excluding hydrogens is 194 g/mol. The molecule has 0 saturated carbocycles. The second kappa shape index (κ2) is 5.93.